The number of nitrogens with one attached hydrogen (secondary N) is 1. The summed E-state index contributed by atoms with van der Waals surface area (Å²) in [4.78, 5) is 16.4. The minimum Gasteiger partial charge on any atom is -0.494 e. The first-order valence-electron chi connectivity index (χ1n) is 10.3. The summed E-state index contributed by atoms with van der Waals surface area (Å²) in [5, 5.41) is 7.09. The molecule has 9 nitrogen and oxygen atoms in total. The number of nitrogens with two attached hydrogens (primary N) is 1. The number of benzene rings is 2. The lowest BCUT2D eigenvalue weighted by Gasteiger charge is -2.13. The number of ether oxygens (including phenoxy) is 3. The molecule has 0 bridgehead atoms. The maximum atomic E-state index is 12.3. The molecule has 0 aliphatic heterocycles. The number of nitrogens with zero attached hydrogens (tertiary/aromatic N) is 3. The fraction of sp³-hybridized carbons (Fsp3) is 0.261. The van der Waals surface area contributed by atoms with Gasteiger partial charge in [0.15, 0.2) is 18.1 Å². The molecule has 9 heteroatoms. The molecule has 0 atom stereocenters. The SMILES string of the molecule is CCOc1ccc(NC(=O)COc2ccc(C=Nn3cc(C)nc3N)cc2OCC)cc1. The first-order chi connectivity index (χ1) is 15.5. The summed E-state index contributed by atoms with van der Waals surface area (Å²) in [6, 6.07) is 12.5. The largest absolute Gasteiger partial charge is 0.494 e. The first-order valence-corrected chi connectivity index (χ1v) is 10.3. The average molecular weight is 438 g/mol. The number of hydrogen-bond donors (Lipinski definition) is 2. The Kier molecular flexibility index (Phi) is 7.69. The van der Waals surface area contributed by atoms with Crippen molar-refractivity contribution in [2.24, 2.45) is 5.10 Å². The van der Waals surface area contributed by atoms with Gasteiger partial charge in [-0.3, -0.25) is 4.79 Å². The lowest BCUT2D eigenvalue weighted by atomic mass is 10.2. The molecule has 2 aromatic carbocycles. The van der Waals surface area contributed by atoms with Crippen molar-refractivity contribution in [3.05, 3.63) is 59.9 Å². The van der Waals surface area contributed by atoms with Crippen LogP contribution in [0.25, 0.3) is 0 Å². The number of aryl methyl sites for hydroxylation is 1. The third kappa shape index (κ3) is 6.24. The molecule has 0 fully saturated rings. The normalized spacial score (nSPS) is 10.8. The Morgan fingerprint density at radius 3 is 2.50 bits per heavy atom. The van der Waals surface area contributed by atoms with Gasteiger partial charge < -0.3 is 25.3 Å². The van der Waals surface area contributed by atoms with Gasteiger partial charge >= 0.3 is 0 Å². The second-order valence-electron chi connectivity index (χ2n) is 6.76. The van der Waals surface area contributed by atoms with Crippen LogP contribution in [0.4, 0.5) is 11.6 Å². The number of anilines is 2. The zero-order chi connectivity index (χ0) is 22.9. The number of amides is 1. The van der Waals surface area contributed by atoms with Crippen LogP contribution in [0.15, 0.2) is 53.8 Å². The zero-order valence-corrected chi connectivity index (χ0v) is 18.4. The molecule has 0 aliphatic rings. The maximum Gasteiger partial charge on any atom is 0.262 e. The maximum absolute atomic E-state index is 12.3. The van der Waals surface area contributed by atoms with Crippen LogP contribution in [-0.2, 0) is 4.79 Å². The van der Waals surface area contributed by atoms with E-state index in [1.54, 1.807) is 48.8 Å². The average Bonchev–Trinajstić information content (AvgIpc) is 3.10. The smallest absolute Gasteiger partial charge is 0.262 e. The van der Waals surface area contributed by atoms with Crippen LogP contribution in [0.2, 0.25) is 0 Å². The summed E-state index contributed by atoms with van der Waals surface area (Å²) < 4.78 is 18.2. The number of nitrogen functional groups attached to an aromatic ring is 1. The van der Waals surface area contributed by atoms with Crippen molar-refractivity contribution < 1.29 is 19.0 Å². The van der Waals surface area contributed by atoms with Crippen molar-refractivity contribution in [1.29, 1.82) is 0 Å². The van der Waals surface area contributed by atoms with Gasteiger partial charge in [-0.15, -0.1) is 0 Å². The number of hydrogen-bond acceptors (Lipinski definition) is 7. The first kappa shape index (κ1) is 22.7. The molecule has 0 saturated heterocycles. The third-order valence-electron chi connectivity index (χ3n) is 4.24. The minimum atomic E-state index is -0.284. The monoisotopic (exact) mass is 437 g/mol. The second-order valence-corrected chi connectivity index (χ2v) is 6.76. The number of carbonyl (C=O) groups is 1. The summed E-state index contributed by atoms with van der Waals surface area (Å²) in [6.45, 7) is 6.50. The Bertz CT molecular complexity index is 1080. The Morgan fingerprint density at radius 1 is 1.09 bits per heavy atom. The molecular formula is C23H27N5O4. The van der Waals surface area contributed by atoms with E-state index in [0.29, 0.717) is 36.3 Å². The van der Waals surface area contributed by atoms with E-state index < -0.39 is 0 Å². The predicted molar refractivity (Wildman–Crippen MR) is 124 cm³/mol. The van der Waals surface area contributed by atoms with E-state index in [1.807, 2.05) is 26.8 Å². The van der Waals surface area contributed by atoms with Crippen molar-refractivity contribution >= 4 is 23.8 Å². The lowest BCUT2D eigenvalue weighted by Crippen LogP contribution is -2.20. The summed E-state index contributed by atoms with van der Waals surface area (Å²) in [5.74, 6) is 1.75. The van der Waals surface area contributed by atoms with Crippen LogP contribution in [0, 0.1) is 6.92 Å². The van der Waals surface area contributed by atoms with Crippen LogP contribution < -0.4 is 25.3 Å². The highest BCUT2D eigenvalue weighted by Crippen LogP contribution is 2.28. The van der Waals surface area contributed by atoms with E-state index >= 15 is 0 Å². The van der Waals surface area contributed by atoms with Gasteiger partial charge in [0.2, 0.25) is 5.95 Å². The number of rotatable bonds is 10. The molecule has 0 saturated carbocycles. The van der Waals surface area contributed by atoms with E-state index in [-0.39, 0.29) is 12.5 Å². The quantitative estimate of drug-likeness (QED) is 0.470. The van der Waals surface area contributed by atoms with Crippen LogP contribution in [-0.4, -0.2) is 41.6 Å². The van der Waals surface area contributed by atoms with E-state index in [1.165, 1.54) is 4.68 Å². The molecule has 0 radical (unpaired) electrons. The minimum absolute atomic E-state index is 0.161. The third-order valence-corrected chi connectivity index (χ3v) is 4.24. The van der Waals surface area contributed by atoms with Crippen molar-refractivity contribution in [2.45, 2.75) is 20.8 Å². The molecule has 1 amide bonds. The van der Waals surface area contributed by atoms with E-state index in [2.05, 4.69) is 15.4 Å². The summed E-state index contributed by atoms with van der Waals surface area (Å²) in [5.41, 5.74) is 8.02. The fourth-order valence-electron chi connectivity index (χ4n) is 2.86. The topological polar surface area (TPSA) is 113 Å². The lowest BCUT2D eigenvalue weighted by molar-refractivity contribution is -0.118. The molecule has 3 rings (SSSR count). The molecule has 3 aromatic rings. The molecule has 0 unspecified atom stereocenters. The van der Waals surface area contributed by atoms with Gasteiger partial charge in [0, 0.05) is 5.69 Å². The molecule has 168 valence electrons. The van der Waals surface area contributed by atoms with Gasteiger partial charge in [-0.05, 0) is 68.8 Å². The van der Waals surface area contributed by atoms with Gasteiger partial charge in [-0.25, -0.2) is 9.66 Å². The molecule has 0 spiro atoms. The van der Waals surface area contributed by atoms with Gasteiger partial charge in [0.1, 0.15) is 5.75 Å². The molecule has 1 heterocycles. The zero-order valence-electron chi connectivity index (χ0n) is 18.4. The van der Waals surface area contributed by atoms with Gasteiger partial charge in [-0.1, -0.05) is 0 Å². The summed E-state index contributed by atoms with van der Waals surface area (Å²) in [6.07, 6.45) is 3.37. The number of aromatic nitrogens is 2. The summed E-state index contributed by atoms with van der Waals surface area (Å²) in [7, 11) is 0. The summed E-state index contributed by atoms with van der Waals surface area (Å²) >= 11 is 0. The van der Waals surface area contributed by atoms with E-state index in [9.17, 15) is 4.79 Å². The number of carbonyl (C=O) groups excluding carboxylic acids is 1. The van der Waals surface area contributed by atoms with Crippen LogP contribution in [0.3, 0.4) is 0 Å². The molecule has 1 aromatic heterocycles. The highest BCUT2D eigenvalue weighted by atomic mass is 16.5. The standard InChI is InChI=1S/C23H27N5O4/c1-4-30-19-9-7-18(8-10-19)27-22(29)15-32-20-11-6-17(12-21(20)31-5-2)13-25-28-14-16(3)26-23(28)24/h6-14H,4-5,15H2,1-3H3,(H2,24,26)(H,27,29). The van der Waals surface area contributed by atoms with Crippen molar-refractivity contribution in [2.75, 3.05) is 30.9 Å². The van der Waals surface area contributed by atoms with Crippen LogP contribution in [0.1, 0.15) is 25.1 Å². The molecule has 32 heavy (non-hydrogen) atoms. The van der Waals surface area contributed by atoms with Crippen molar-refractivity contribution in [3.8, 4) is 17.2 Å². The molecule has 0 aliphatic carbocycles. The highest BCUT2D eigenvalue weighted by molar-refractivity contribution is 5.92. The van der Waals surface area contributed by atoms with Crippen molar-refractivity contribution in [1.82, 2.24) is 9.66 Å². The van der Waals surface area contributed by atoms with Crippen LogP contribution in [0.5, 0.6) is 17.2 Å². The van der Waals surface area contributed by atoms with E-state index in [0.717, 1.165) is 17.0 Å². The molecular weight excluding hydrogens is 410 g/mol. The second kappa shape index (κ2) is 10.9. The Labute approximate surface area is 186 Å². The van der Waals surface area contributed by atoms with Gasteiger partial charge in [-0.2, -0.15) is 5.10 Å². The van der Waals surface area contributed by atoms with E-state index in [4.69, 9.17) is 19.9 Å². The van der Waals surface area contributed by atoms with Crippen molar-refractivity contribution in [3.63, 3.8) is 0 Å². The van der Waals surface area contributed by atoms with Crippen LogP contribution >= 0.6 is 0 Å². The Balaban J connectivity index is 1.62. The Morgan fingerprint density at radius 2 is 1.84 bits per heavy atom. The Hall–Kier alpha value is -4.01. The van der Waals surface area contributed by atoms with Gasteiger partial charge in [0.25, 0.3) is 5.91 Å². The molecule has 3 N–H and O–H groups in total. The highest BCUT2D eigenvalue weighted by Gasteiger charge is 2.10. The predicted octanol–water partition coefficient (Wildman–Crippen LogP) is 3.47. The fourth-order valence-corrected chi connectivity index (χ4v) is 2.86. The van der Waals surface area contributed by atoms with Gasteiger partial charge in [0.05, 0.1) is 31.3 Å². The number of imidazole rings is 1.